The van der Waals surface area contributed by atoms with Crippen LogP contribution in [0.4, 0.5) is 0 Å². The monoisotopic (exact) mass is 417 g/mol. The van der Waals surface area contributed by atoms with Crippen LogP contribution in [0.25, 0.3) is 5.65 Å². The van der Waals surface area contributed by atoms with Gasteiger partial charge in [-0.2, -0.15) is 0 Å². The topological polar surface area (TPSA) is 55.6 Å². The van der Waals surface area contributed by atoms with E-state index in [1.807, 2.05) is 83.5 Å². The highest BCUT2D eigenvalue weighted by molar-refractivity contribution is 7.98. The zero-order chi connectivity index (χ0) is 20.8. The van der Waals surface area contributed by atoms with E-state index in [0.717, 1.165) is 33.1 Å². The maximum Gasteiger partial charge on any atom is 0.251 e. The molecule has 4 rings (SSSR count). The summed E-state index contributed by atoms with van der Waals surface area (Å²) >= 11 is 1.71. The molecule has 0 saturated carbocycles. The van der Waals surface area contributed by atoms with Gasteiger partial charge in [-0.1, -0.05) is 30.3 Å². The fourth-order valence-corrected chi connectivity index (χ4v) is 3.90. The van der Waals surface area contributed by atoms with Crippen LogP contribution in [0, 0.1) is 0 Å². The van der Waals surface area contributed by atoms with Crippen LogP contribution in [0.5, 0.6) is 0 Å². The van der Waals surface area contributed by atoms with Gasteiger partial charge in [-0.3, -0.25) is 4.79 Å². The maximum absolute atomic E-state index is 12.4. The lowest BCUT2D eigenvalue weighted by atomic mass is 10.1. The summed E-state index contributed by atoms with van der Waals surface area (Å²) in [7, 11) is 1.68. The van der Waals surface area contributed by atoms with Crippen LogP contribution in [0.15, 0.2) is 84.0 Å². The van der Waals surface area contributed by atoms with E-state index in [0.29, 0.717) is 18.7 Å². The number of amides is 1. The predicted molar refractivity (Wildman–Crippen MR) is 120 cm³/mol. The molecule has 0 saturated heterocycles. The highest BCUT2D eigenvalue weighted by atomic mass is 32.2. The van der Waals surface area contributed by atoms with E-state index in [-0.39, 0.29) is 5.91 Å². The van der Waals surface area contributed by atoms with Crippen LogP contribution in [0.3, 0.4) is 0 Å². The molecule has 2 heterocycles. The van der Waals surface area contributed by atoms with Crippen LogP contribution in [0.2, 0.25) is 0 Å². The number of imidazole rings is 1. The summed E-state index contributed by atoms with van der Waals surface area (Å²) in [6.45, 7) is 1.09. The molecule has 4 aromatic rings. The molecule has 0 spiro atoms. The molecule has 0 aliphatic carbocycles. The highest BCUT2D eigenvalue weighted by Gasteiger charge is 2.07. The first-order chi connectivity index (χ1) is 14.7. The fourth-order valence-electron chi connectivity index (χ4n) is 3.12. The molecule has 0 radical (unpaired) electrons. The van der Waals surface area contributed by atoms with Crippen molar-refractivity contribution < 1.29 is 9.53 Å². The van der Waals surface area contributed by atoms with Crippen molar-refractivity contribution in [3.63, 3.8) is 0 Å². The lowest BCUT2D eigenvalue weighted by Crippen LogP contribution is -2.22. The Labute approximate surface area is 180 Å². The first-order valence-electron chi connectivity index (χ1n) is 9.72. The summed E-state index contributed by atoms with van der Waals surface area (Å²) in [6, 6.07) is 21.7. The number of benzene rings is 2. The summed E-state index contributed by atoms with van der Waals surface area (Å²) in [5, 5.41) is 2.97. The van der Waals surface area contributed by atoms with Gasteiger partial charge in [-0.15, -0.1) is 11.8 Å². The number of thioether (sulfide) groups is 1. The Kier molecular flexibility index (Phi) is 6.47. The van der Waals surface area contributed by atoms with E-state index >= 15 is 0 Å². The van der Waals surface area contributed by atoms with Crippen molar-refractivity contribution in [2.24, 2.45) is 0 Å². The van der Waals surface area contributed by atoms with Gasteiger partial charge < -0.3 is 14.5 Å². The Bertz CT molecular complexity index is 1090. The van der Waals surface area contributed by atoms with Crippen molar-refractivity contribution >= 4 is 23.3 Å². The fraction of sp³-hybridized carbons (Fsp3) is 0.167. The van der Waals surface area contributed by atoms with Crippen LogP contribution >= 0.6 is 11.8 Å². The average molecular weight is 418 g/mol. The second kappa shape index (κ2) is 9.61. The number of nitrogens with one attached hydrogen (secondary N) is 1. The van der Waals surface area contributed by atoms with Crippen molar-refractivity contribution in [3.05, 3.63) is 102 Å². The van der Waals surface area contributed by atoms with Gasteiger partial charge >= 0.3 is 0 Å². The number of carbonyl (C=O) groups is 1. The molecule has 0 bridgehead atoms. The lowest BCUT2D eigenvalue weighted by Gasteiger charge is -2.07. The van der Waals surface area contributed by atoms with Crippen molar-refractivity contribution in [2.45, 2.75) is 23.8 Å². The average Bonchev–Trinajstić information content (AvgIpc) is 3.21. The third-order valence-corrected chi connectivity index (χ3v) is 5.75. The van der Waals surface area contributed by atoms with Gasteiger partial charge in [0.15, 0.2) is 0 Å². The second-order valence-electron chi connectivity index (χ2n) is 6.94. The molecule has 0 aliphatic rings. The number of methoxy groups -OCH3 is 1. The third kappa shape index (κ3) is 5.09. The molecule has 1 amide bonds. The minimum atomic E-state index is -0.0760. The number of rotatable bonds is 8. The first kappa shape index (κ1) is 20.2. The van der Waals surface area contributed by atoms with Crippen molar-refractivity contribution in [3.8, 4) is 0 Å². The van der Waals surface area contributed by atoms with E-state index in [1.54, 1.807) is 18.9 Å². The summed E-state index contributed by atoms with van der Waals surface area (Å²) < 4.78 is 7.14. The first-order valence-corrected chi connectivity index (χ1v) is 10.7. The Balaban J connectivity index is 1.29. The van der Waals surface area contributed by atoms with Crippen LogP contribution < -0.4 is 5.32 Å². The Hall–Kier alpha value is -3.09. The smallest absolute Gasteiger partial charge is 0.251 e. The van der Waals surface area contributed by atoms with Gasteiger partial charge in [0.25, 0.3) is 5.91 Å². The summed E-state index contributed by atoms with van der Waals surface area (Å²) in [5.41, 5.74) is 4.81. The SMILES string of the molecule is COCc1ccc(CNC(=O)c2ccc(SCc3cn4ccccc4n3)cc2)cc1. The molecule has 5 nitrogen and oxygen atoms in total. The van der Waals surface area contributed by atoms with E-state index in [4.69, 9.17) is 4.74 Å². The minimum absolute atomic E-state index is 0.0760. The molecule has 2 aromatic heterocycles. The van der Waals surface area contributed by atoms with E-state index < -0.39 is 0 Å². The lowest BCUT2D eigenvalue weighted by molar-refractivity contribution is 0.0951. The number of pyridine rings is 1. The van der Waals surface area contributed by atoms with Crippen LogP contribution in [-0.2, 0) is 23.6 Å². The Morgan fingerprint density at radius 1 is 1.03 bits per heavy atom. The standard InChI is InChI=1S/C24H23N3O2S/c1-29-16-19-7-5-18(6-8-19)14-25-24(28)20-9-11-22(12-10-20)30-17-21-15-27-13-3-2-4-23(27)26-21/h2-13,15H,14,16-17H2,1H3,(H,25,28). The number of hydrogen-bond donors (Lipinski definition) is 1. The van der Waals surface area contributed by atoms with Gasteiger partial charge in [0.1, 0.15) is 5.65 Å². The van der Waals surface area contributed by atoms with E-state index in [2.05, 4.69) is 10.3 Å². The Morgan fingerprint density at radius 3 is 2.53 bits per heavy atom. The van der Waals surface area contributed by atoms with Gasteiger partial charge in [0.05, 0.1) is 12.3 Å². The number of ether oxygens (including phenoxy) is 1. The van der Waals surface area contributed by atoms with Gasteiger partial charge in [0.2, 0.25) is 0 Å². The van der Waals surface area contributed by atoms with E-state index in [9.17, 15) is 4.79 Å². The molecular formula is C24H23N3O2S. The third-order valence-electron chi connectivity index (χ3n) is 4.70. The van der Waals surface area contributed by atoms with Crippen molar-refractivity contribution in [2.75, 3.05) is 7.11 Å². The predicted octanol–water partition coefficient (Wildman–Crippen LogP) is 4.70. The number of carbonyl (C=O) groups excluding carboxylic acids is 1. The number of fused-ring (bicyclic) bond motifs is 1. The number of hydrogen-bond acceptors (Lipinski definition) is 4. The summed E-state index contributed by atoms with van der Waals surface area (Å²) in [6.07, 6.45) is 4.05. The van der Waals surface area contributed by atoms with Gasteiger partial charge in [0, 0.05) is 42.3 Å². The largest absolute Gasteiger partial charge is 0.380 e. The minimum Gasteiger partial charge on any atom is -0.380 e. The van der Waals surface area contributed by atoms with Gasteiger partial charge in [-0.05, 0) is 47.5 Å². The highest BCUT2D eigenvalue weighted by Crippen LogP contribution is 2.23. The molecular weight excluding hydrogens is 394 g/mol. The van der Waals surface area contributed by atoms with Crippen LogP contribution in [-0.4, -0.2) is 22.4 Å². The molecule has 152 valence electrons. The molecule has 0 atom stereocenters. The molecule has 30 heavy (non-hydrogen) atoms. The zero-order valence-electron chi connectivity index (χ0n) is 16.7. The van der Waals surface area contributed by atoms with E-state index in [1.165, 1.54) is 0 Å². The normalized spacial score (nSPS) is 11.0. The molecule has 0 fully saturated rings. The quantitative estimate of drug-likeness (QED) is 0.422. The maximum atomic E-state index is 12.4. The summed E-state index contributed by atoms with van der Waals surface area (Å²) in [5.74, 6) is 0.708. The molecule has 0 aliphatic heterocycles. The molecule has 1 N–H and O–H groups in total. The molecule has 2 aromatic carbocycles. The Morgan fingerprint density at radius 2 is 1.80 bits per heavy atom. The number of aromatic nitrogens is 2. The zero-order valence-corrected chi connectivity index (χ0v) is 17.6. The van der Waals surface area contributed by atoms with Crippen molar-refractivity contribution in [1.29, 1.82) is 0 Å². The number of nitrogens with zero attached hydrogens (tertiary/aromatic N) is 2. The second-order valence-corrected chi connectivity index (χ2v) is 7.99. The van der Waals surface area contributed by atoms with Crippen molar-refractivity contribution in [1.82, 2.24) is 14.7 Å². The molecule has 6 heteroatoms. The van der Waals surface area contributed by atoms with Gasteiger partial charge in [-0.25, -0.2) is 4.98 Å². The molecule has 0 unspecified atom stereocenters. The summed E-state index contributed by atoms with van der Waals surface area (Å²) in [4.78, 5) is 18.1. The van der Waals surface area contributed by atoms with Crippen LogP contribution in [0.1, 0.15) is 27.2 Å².